The average Bonchev–Trinajstić information content (AvgIpc) is 2.26. The molecule has 0 unspecified atom stereocenters. The van der Waals surface area contributed by atoms with Crippen LogP contribution in [0.15, 0.2) is 12.1 Å². The molecule has 0 saturated carbocycles. The van der Waals surface area contributed by atoms with E-state index in [2.05, 4.69) is 5.09 Å². The van der Waals surface area contributed by atoms with E-state index in [4.69, 9.17) is 32.2 Å². The highest BCUT2D eigenvalue weighted by Gasteiger charge is 2.24. The highest BCUT2D eigenvalue weighted by Crippen LogP contribution is 2.49. The predicted octanol–water partition coefficient (Wildman–Crippen LogP) is 4.29. The standard InChI is InChI=1S/C10H14Cl2NO4P/c1-3-16-18(15,17-4-2)13-7-5-8(11)10(14)9(12)6-7/h5-6,14H,3-4H2,1-2H3,(H,13,15). The zero-order chi connectivity index (χ0) is 13.8. The molecule has 18 heavy (non-hydrogen) atoms. The van der Waals surface area contributed by atoms with Crippen molar-refractivity contribution in [3.8, 4) is 5.75 Å². The topological polar surface area (TPSA) is 67.8 Å². The quantitative estimate of drug-likeness (QED) is 0.605. The summed E-state index contributed by atoms with van der Waals surface area (Å²) in [6.07, 6.45) is 0. The summed E-state index contributed by atoms with van der Waals surface area (Å²) in [5.74, 6) is -0.230. The zero-order valence-electron chi connectivity index (χ0n) is 9.94. The van der Waals surface area contributed by atoms with E-state index in [-0.39, 0.29) is 29.0 Å². The van der Waals surface area contributed by atoms with E-state index >= 15 is 0 Å². The minimum Gasteiger partial charge on any atom is -0.505 e. The summed E-state index contributed by atoms with van der Waals surface area (Å²) in [6.45, 7) is 3.85. The number of benzene rings is 1. The molecule has 0 bridgehead atoms. The fourth-order valence-electron chi connectivity index (χ4n) is 1.23. The van der Waals surface area contributed by atoms with Gasteiger partial charge in [-0.2, -0.15) is 0 Å². The molecular weight excluding hydrogens is 300 g/mol. The highest BCUT2D eigenvalue weighted by molar-refractivity contribution is 7.55. The summed E-state index contributed by atoms with van der Waals surface area (Å²) in [5, 5.41) is 12.1. The number of hydrogen-bond donors (Lipinski definition) is 2. The second kappa shape index (κ2) is 6.64. The largest absolute Gasteiger partial charge is 0.505 e. The summed E-state index contributed by atoms with van der Waals surface area (Å²) in [6, 6.07) is 2.76. The molecule has 102 valence electrons. The van der Waals surface area contributed by atoms with Crippen LogP contribution in [0.2, 0.25) is 10.0 Å². The van der Waals surface area contributed by atoms with Crippen molar-refractivity contribution in [2.75, 3.05) is 18.3 Å². The van der Waals surface area contributed by atoms with Crippen LogP contribution < -0.4 is 5.09 Å². The highest BCUT2D eigenvalue weighted by atomic mass is 35.5. The van der Waals surface area contributed by atoms with Crippen LogP contribution in [0.4, 0.5) is 5.69 Å². The van der Waals surface area contributed by atoms with Crippen molar-refractivity contribution in [3.63, 3.8) is 0 Å². The normalized spacial score (nSPS) is 11.6. The van der Waals surface area contributed by atoms with Crippen LogP contribution in [-0.2, 0) is 13.6 Å². The molecule has 0 aliphatic heterocycles. The zero-order valence-corrected chi connectivity index (χ0v) is 12.4. The molecule has 0 aliphatic rings. The molecule has 0 spiro atoms. The molecule has 0 radical (unpaired) electrons. The van der Waals surface area contributed by atoms with Crippen LogP contribution in [0.3, 0.4) is 0 Å². The minimum atomic E-state index is -3.44. The number of rotatable bonds is 6. The Kier molecular flexibility index (Phi) is 5.76. The predicted molar refractivity (Wildman–Crippen MR) is 72.6 cm³/mol. The van der Waals surface area contributed by atoms with Gasteiger partial charge in [-0.3, -0.25) is 14.1 Å². The molecule has 0 aliphatic carbocycles. The molecule has 2 N–H and O–H groups in total. The Morgan fingerprint density at radius 2 is 1.67 bits per heavy atom. The van der Waals surface area contributed by atoms with Gasteiger partial charge < -0.3 is 5.11 Å². The van der Waals surface area contributed by atoms with Crippen LogP contribution in [0.5, 0.6) is 5.75 Å². The number of anilines is 1. The summed E-state index contributed by atoms with van der Waals surface area (Å²) in [4.78, 5) is 0. The Hall–Kier alpha value is -0.450. The third-order valence-electron chi connectivity index (χ3n) is 1.88. The van der Waals surface area contributed by atoms with Crippen LogP contribution >= 0.6 is 30.9 Å². The fourth-order valence-corrected chi connectivity index (χ4v) is 3.05. The van der Waals surface area contributed by atoms with Crippen molar-refractivity contribution in [3.05, 3.63) is 22.2 Å². The number of halogens is 2. The third kappa shape index (κ3) is 4.04. The molecule has 0 saturated heterocycles. The first-order chi connectivity index (χ1) is 8.41. The van der Waals surface area contributed by atoms with Gasteiger partial charge in [-0.1, -0.05) is 23.2 Å². The molecule has 8 heteroatoms. The van der Waals surface area contributed by atoms with Crippen LogP contribution in [0.25, 0.3) is 0 Å². The third-order valence-corrected chi connectivity index (χ3v) is 4.19. The van der Waals surface area contributed by atoms with Gasteiger partial charge in [-0.15, -0.1) is 0 Å². The van der Waals surface area contributed by atoms with Crippen LogP contribution in [0.1, 0.15) is 13.8 Å². The van der Waals surface area contributed by atoms with E-state index in [1.165, 1.54) is 12.1 Å². The lowest BCUT2D eigenvalue weighted by molar-refractivity contribution is 0.225. The SMILES string of the molecule is CCOP(=O)(Nc1cc(Cl)c(O)c(Cl)c1)OCC. The van der Waals surface area contributed by atoms with Crippen molar-refractivity contribution >= 4 is 36.6 Å². The van der Waals surface area contributed by atoms with Gasteiger partial charge in [0, 0.05) is 5.69 Å². The molecule has 1 aromatic rings. The summed E-state index contributed by atoms with van der Waals surface area (Å²) in [7, 11) is -3.44. The van der Waals surface area contributed by atoms with E-state index in [1.54, 1.807) is 13.8 Å². The lowest BCUT2D eigenvalue weighted by Gasteiger charge is -2.19. The van der Waals surface area contributed by atoms with Gasteiger partial charge in [-0.25, -0.2) is 4.57 Å². The number of phenols is 1. The van der Waals surface area contributed by atoms with Crippen molar-refractivity contribution in [1.82, 2.24) is 0 Å². The average molecular weight is 314 g/mol. The van der Waals surface area contributed by atoms with E-state index in [0.717, 1.165) is 0 Å². The molecule has 0 amide bonds. The first-order valence-electron chi connectivity index (χ1n) is 5.27. The molecule has 5 nitrogen and oxygen atoms in total. The van der Waals surface area contributed by atoms with E-state index in [9.17, 15) is 9.67 Å². The van der Waals surface area contributed by atoms with E-state index in [1.807, 2.05) is 0 Å². The lowest BCUT2D eigenvalue weighted by atomic mass is 10.3. The lowest BCUT2D eigenvalue weighted by Crippen LogP contribution is -2.05. The first-order valence-corrected chi connectivity index (χ1v) is 7.57. The van der Waals surface area contributed by atoms with Gasteiger partial charge in [0.15, 0.2) is 5.75 Å². The Morgan fingerprint density at radius 1 is 1.22 bits per heavy atom. The fraction of sp³-hybridized carbons (Fsp3) is 0.400. The number of nitrogens with one attached hydrogen (secondary N) is 1. The maximum Gasteiger partial charge on any atom is 0.432 e. The minimum absolute atomic E-state index is 0.0459. The Morgan fingerprint density at radius 3 is 2.06 bits per heavy atom. The van der Waals surface area contributed by atoms with Crippen LogP contribution in [-0.4, -0.2) is 18.3 Å². The summed E-state index contributed by atoms with van der Waals surface area (Å²) < 4.78 is 22.3. The smallest absolute Gasteiger partial charge is 0.432 e. The molecular formula is C10H14Cl2NO4P. The second-order valence-corrected chi connectivity index (χ2v) is 5.78. The van der Waals surface area contributed by atoms with E-state index in [0.29, 0.717) is 5.69 Å². The van der Waals surface area contributed by atoms with Gasteiger partial charge in [0.1, 0.15) is 0 Å². The maximum absolute atomic E-state index is 12.2. The molecule has 0 aromatic heterocycles. The van der Waals surface area contributed by atoms with Gasteiger partial charge in [-0.05, 0) is 26.0 Å². The van der Waals surface area contributed by atoms with Gasteiger partial charge in [0.05, 0.1) is 23.3 Å². The molecule has 0 heterocycles. The molecule has 1 aromatic carbocycles. The Bertz CT molecular complexity index is 436. The van der Waals surface area contributed by atoms with Crippen molar-refractivity contribution in [2.24, 2.45) is 0 Å². The van der Waals surface area contributed by atoms with Crippen molar-refractivity contribution in [2.45, 2.75) is 13.8 Å². The molecule has 1 rings (SSSR count). The van der Waals surface area contributed by atoms with Gasteiger partial charge in [0.25, 0.3) is 0 Å². The maximum atomic E-state index is 12.2. The van der Waals surface area contributed by atoms with Crippen molar-refractivity contribution < 1.29 is 18.7 Å². The summed E-state index contributed by atoms with van der Waals surface area (Å²) in [5.41, 5.74) is 0.341. The second-order valence-electron chi connectivity index (χ2n) is 3.23. The summed E-state index contributed by atoms with van der Waals surface area (Å²) >= 11 is 11.5. The number of aromatic hydroxyl groups is 1. The number of hydrogen-bond acceptors (Lipinski definition) is 4. The van der Waals surface area contributed by atoms with E-state index < -0.39 is 7.75 Å². The Balaban J connectivity index is 2.98. The molecule has 0 fully saturated rings. The monoisotopic (exact) mass is 313 g/mol. The first kappa shape index (κ1) is 15.6. The molecule has 0 atom stereocenters. The number of phenolic OH excluding ortho intramolecular Hbond substituents is 1. The Labute approximate surface area is 116 Å². The van der Waals surface area contributed by atoms with Gasteiger partial charge in [0.2, 0.25) is 0 Å². The van der Waals surface area contributed by atoms with Crippen LogP contribution in [0, 0.1) is 0 Å². The van der Waals surface area contributed by atoms with Gasteiger partial charge >= 0.3 is 7.75 Å². The van der Waals surface area contributed by atoms with Crippen molar-refractivity contribution in [1.29, 1.82) is 0 Å².